The fourth-order valence-electron chi connectivity index (χ4n) is 2.43. The van der Waals surface area contributed by atoms with Crippen molar-refractivity contribution >= 4 is 32.9 Å². The van der Waals surface area contributed by atoms with Gasteiger partial charge in [0.25, 0.3) is 5.56 Å². The average Bonchev–Trinajstić information content (AvgIpc) is 2.97. The molecule has 1 unspecified atom stereocenters. The maximum absolute atomic E-state index is 12.6. The van der Waals surface area contributed by atoms with Gasteiger partial charge >= 0.3 is 5.69 Å². The maximum atomic E-state index is 12.6. The second-order valence-corrected chi connectivity index (χ2v) is 6.11. The Morgan fingerprint density at radius 2 is 1.91 bits per heavy atom. The molecular weight excluding hydrogens is 364 g/mol. The van der Waals surface area contributed by atoms with E-state index in [2.05, 4.69) is 25.9 Å². The van der Waals surface area contributed by atoms with Crippen LogP contribution in [0.25, 0.3) is 11.2 Å². The number of nitrogens with one attached hydrogen (secondary N) is 1. The Morgan fingerprint density at radius 1 is 1.26 bits per heavy atom. The van der Waals surface area contributed by atoms with Gasteiger partial charge in [-0.15, -0.1) is 0 Å². The predicted molar refractivity (Wildman–Crippen MR) is 88.8 cm³/mol. The van der Waals surface area contributed by atoms with Gasteiger partial charge in [0.05, 0.1) is 12.4 Å². The van der Waals surface area contributed by atoms with Gasteiger partial charge in [-0.1, -0.05) is 28.1 Å². The molecule has 0 fully saturated rings. The predicted octanol–water partition coefficient (Wildman–Crippen LogP) is 1.63. The van der Waals surface area contributed by atoms with Gasteiger partial charge in [0.2, 0.25) is 0 Å². The highest BCUT2D eigenvalue weighted by atomic mass is 79.9. The third-order valence-electron chi connectivity index (χ3n) is 3.76. The Balaban J connectivity index is 2.11. The Labute approximate surface area is 138 Å². The lowest BCUT2D eigenvalue weighted by Crippen LogP contribution is -2.30. The first-order valence-corrected chi connectivity index (χ1v) is 7.65. The number of benzene rings is 1. The van der Waals surface area contributed by atoms with Crippen LogP contribution in [0.1, 0.15) is 23.3 Å². The first-order chi connectivity index (χ1) is 10.9. The number of rotatable bonds is 3. The summed E-state index contributed by atoms with van der Waals surface area (Å²) in [7, 11) is 1.51. The summed E-state index contributed by atoms with van der Waals surface area (Å²) in [5.74, 6) is -0.148. The summed E-state index contributed by atoms with van der Waals surface area (Å²) in [6.45, 7) is 1.69. The van der Waals surface area contributed by atoms with Crippen molar-refractivity contribution in [1.82, 2.24) is 19.1 Å². The minimum atomic E-state index is -0.625. The molecule has 0 saturated carbocycles. The monoisotopic (exact) mass is 376 g/mol. The van der Waals surface area contributed by atoms with E-state index in [9.17, 15) is 14.4 Å². The molecule has 0 aliphatic rings. The van der Waals surface area contributed by atoms with Crippen molar-refractivity contribution in [3.8, 4) is 0 Å². The molecule has 7 nitrogen and oxygen atoms in total. The van der Waals surface area contributed by atoms with Crippen LogP contribution in [-0.2, 0) is 7.05 Å². The molecule has 0 aliphatic carbocycles. The summed E-state index contributed by atoms with van der Waals surface area (Å²) in [4.78, 5) is 42.6. The SMILES string of the molecule is CC(C(=O)c1ccc(Br)cc1)n1cnc2c1c(=O)[nH]c(=O)n2C. The molecule has 0 saturated heterocycles. The number of carbonyl (C=O) groups excluding carboxylic acids is 1. The van der Waals surface area contributed by atoms with E-state index in [4.69, 9.17) is 0 Å². The molecule has 0 radical (unpaired) electrons. The largest absolute Gasteiger partial charge is 0.329 e. The van der Waals surface area contributed by atoms with Gasteiger partial charge in [-0.3, -0.25) is 19.1 Å². The summed E-state index contributed by atoms with van der Waals surface area (Å²) in [5, 5.41) is 0. The van der Waals surface area contributed by atoms with Crippen molar-refractivity contribution in [2.75, 3.05) is 0 Å². The minimum Gasteiger partial charge on any atom is -0.314 e. The van der Waals surface area contributed by atoms with Gasteiger partial charge in [0, 0.05) is 17.1 Å². The van der Waals surface area contributed by atoms with E-state index in [0.29, 0.717) is 5.56 Å². The van der Waals surface area contributed by atoms with Gasteiger partial charge in [0.15, 0.2) is 16.9 Å². The second kappa shape index (κ2) is 5.62. The van der Waals surface area contributed by atoms with E-state index in [1.807, 2.05) is 0 Å². The summed E-state index contributed by atoms with van der Waals surface area (Å²) in [5.41, 5.74) is -0.126. The number of hydrogen-bond donors (Lipinski definition) is 1. The van der Waals surface area contributed by atoms with E-state index in [-0.39, 0.29) is 16.9 Å². The number of halogens is 1. The lowest BCUT2D eigenvalue weighted by atomic mass is 10.1. The number of aryl methyl sites for hydroxylation is 1. The van der Waals surface area contributed by atoms with Crippen molar-refractivity contribution in [3.05, 3.63) is 61.5 Å². The fourth-order valence-corrected chi connectivity index (χ4v) is 2.69. The summed E-state index contributed by atoms with van der Waals surface area (Å²) < 4.78 is 3.60. The third-order valence-corrected chi connectivity index (χ3v) is 4.29. The van der Waals surface area contributed by atoms with Crippen molar-refractivity contribution < 1.29 is 4.79 Å². The van der Waals surface area contributed by atoms with Gasteiger partial charge < -0.3 is 4.57 Å². The minimum absolute atomic E-state index is 0.148. The molecule has 2 heterocycles. The standard InChI is InChI=1S/C15H13BrN4O3/c1-8(12(21)9-3-5-10(16)6-4-9)20-7-17-13-11(20)14(22)18-15(23)19(13)2/h3-8H,1-2H3,(H,18,22,23). The number of carbonyl (C=O) groups is 1. The summed E-state index contributed by atoms with van der Waals surface area (Å²) in [6, 6.07) is 6.36. The zero-order chi connectivity index (χ0) is 16.7. The molecule has 1 atom stereocenters. The number of hydrogen-bond acceptors (Lipinski definition) is 4. The molecule has 0 bridgehead atoms. The third kappa shape index (κ3) is 2.55. The van der Waals surface area contributed by atoms with E-state index >= 15 is 0 Å². The van der Waals surface area contributed by atoms with Crippen LogP contribution in [0, 0.1) is 0 Å². The smallest absolute Gasteiger partial charge is 0.314 e. The highest BCUT2D eigenvalue weighted by molar-refractivity contribution is 9.10. The maximum Gasteiger partial charge on any atom is 0.329 e. The quantitative estimate of drug-likeness (QED) is 0.703. The van der Waals surface area contributed by atoms with Gasteiger partial charge in [-0.05, 0) is 19.1 Å². The topological polar surface area (TPSA) is 89.8 Å². The molecule has 118 valence electrons. The number of H-pyrrole nitrogens is 1. The van der Waals surface area contributed by atoms with E-state index in [1.165, 1.54) is 22.5 Å². The van der Waals surface area contributed by atoms with Crippen LogP contribution >= 0.6 is 15.9 Å². The number of aromatic amines is 1. The molecule has 0 spiro atoms. The van der Waals surface area contributed by atoms with Gasteiger partial charge in [-0.25, -0.2) is 9.78 Å². The molecule has 2 aromatic heterocycles. The second-order valence-electron chi connectivity index (χ2n) is 5.19. The van der Waals surface area contributed by atoms with E-state index in [0.717, 1.165) is 4.47 Å². The first-order valence-electron chi connectivity index (χ1n) is 6.85. The average molecular weight is 377 g/mol. The first kappa shape index (κ1) is 15.4. The molecular formula is C15H13BrN4O3. The van der Waals surface area contributed by atoms with Crippen molar-refractivity contribution in [3.63, 3.8) is 0 Å². The lowest BCUT2D eigenvalue weighted by Gasteiger charge is -2.13. The van der Waals surface area contributed by atoms with Crippen molar-refractivity contribution in [2.24, 2.45) is 7.05 Å². The molecule has 1 aromatic carbocycles. The Bertz CT molecular complexity index is 1010. The Hall–Kier alpha value is -2.48. The Kier molecular flexibility index (Phi) is 3.77. The molecule has 1 N–H and O–H groups in total. The number of ketones is 1. The number of nitrogens with zero attached hydrogens (tertiary/aromatic N) is 3. The molecule has 3 aromatic rings. The highest BCUT2D eigenvalue weighted by Crippen LogP contribution is 2.19. The van der Waals surface area contributed by atoms with E-state index < -0.39 is 17.3 Å². The number of imidazole rings is 1. The van der Waals surface area contributed by atoms with Crippen molar-refractivity contribution in [1.29, 1.82) is 0 Å². The van der Waals surface area contributed by atoms with Crippen LogP contribution in [0.15, 0.2) is 44.7 Å². The number of fused-ring (bicyclic) bond motifs is 1. The zero-order valence-corrected chi connectivity index (χ0v) is 14.0. The zero-order valence-electron chi connectivity index (χ0n) is 12.4. The molecule has 0 aliphatic heterocycles. The Morgan fingerprint density at radius 3 is 2.57 bits per heavy atom. The summed E-state index contributed by atoms with van der Waals surface area (Å²) in [6.07, 6.45) is 1.40. The molecule has 3 rings (SSSR count). The van der Waals surface area contributed by atoms with Crippen molar-refractivity contribution in [2.45, 2.75) is 13.0 Å². The van der Waals surface area contributed by atoms with E-state index in [1.54, 1.807) is 31.2 Å². The van der Waals surface area contributed by atoms with Crippen LogP contribution in [0.4, 0.5) is 0 Å². The van der Waals surface area contributed by atoms with Crippen LogP contribution in [0.3, 0.4) is 0 Å². The molecule has 0 amide bonds. The summed E-state index contributed by atoms with van der Waals surface area (Å²) >= 11 is 3.32. The lowest BCUT2D eigenvalue weighted by molar-refractivity contribution is 0.0937. The van der Waals surface area contributed by atoms with Gasteiger partial charge in [0.1, 0.15) is 0 Å². The van der Waals surface area contributed by atoms with Crippen LogP contribution in [0.2, 0.25) is 0 Å². The van der Waals surface area contributed by atoms with Crippen LogP contribution < -0.4 is 11.2 Å². The molecule has 23 heavy (non-hydrogen) atoms. The number of Topliss-reactive ketones (excluding diaryl/α,β-unsaturated/α-hetero) is 1. The fraction of sp³-hybridized carbons (Fsp3) is 0.200. The molecule has 8 heteroatoms. The normalized spacial score (nSPS) is 12.5. The highest BCUT2D eigenvalue weighted by Gasteiger charge is 2.21. The van der Waals surface area contributed by atoms with Crippen LogP contribution in [-0.4, -0.2) is 24.9 Å². The van der Waals surface area contributed by atoms with Crippen LogP contribution in [0.5, 0.6) is 0 Å². The number of aromatic nitrogens is 4. The van der Waals surface area contributed by atoms with Gasteiger partial charge in [-0.2, -0.15) is 0 Å².